The molecule has 2 aliphatic heterocycles. The first-order valence-electron chi connectivity index (χ1n) is 10.9. The summed E-state index contributed by atoms with van der Waals surface area (Å²) in [5.74, 6) is 0.342. The number of nitrogens with zero attached hydrogens (tertiary/aromatic N) is 1. The second kappa shape index (κ2) is 6.61. The van der Waals surface area contributed by atoms with Gasteiger partial charge < -0.3 is 18.8 Å². The van der Waals surface area contributed by atoms with Gasteiger partial charge in [-0.25, -0.2) is 4.79 Å². The van der Waals surface area contributed by atoms with Gasteiger partial charge in [-0.3, -0.25) is 4.79 Å². The molecule has 4 heterocycles. The molecule has 1 atom stereocenters. The summed E-state index contributed by atoms with van der Waals surface area (Å²) in [4.78, 5) is 24.4. The van der Waals surface area contributed by atoms with E-state index in [0.717, 1.165) is 41.0 Å². The van der Waals surface area contributed by atoms with Gasteiger partial charge in [-0.2, -0.15) is 0 Å². The minimum Gasteiger partial charge on any atom is -0.486 e. The zero-order chi connectivity index (χ0) is 23.0. The van der Waals surface area contributed by atoms with Crippen LogP contribution in [0, 0.1) is 5.41 Å². The van der Waals surface area contributed by atoms with Crippen LogP contribution in [-0.4, -0.2) is 21.2 Å². The monoisotopic (exact) mass is 433 g/mol. The first-order valence-corrected chi connectivity index (χ1v) is 10.9. The molecular formula is C26H27NO5. The maximum Gasteiger partial charge on any atom is 0.341 e. The van der Waals surface area contributed by atoms with E-state index < -0.39 is 11.4 Å². The maximum absolute atomic E-state index is 12.7. The van der Waals surface area contributed by atoms with E-state index in [1.807, 2.05) is 22.8 Å². The highest BCUT2D eigenvalue weighted by atomic mass is 16.5. The molecule has 5 rings (SSSR count). The number of hydrogen-bond acceptors (Lipinski definition) is 4. The van der Waals surface area contributed by atoms with Gasteiger partial charge in [-0.1, -0.05) is 20.8 Å². The Balaban J connectivity index is 1.85. The highest BCUT2D eigenvalue weighted by Gasteiger charge is 2.40. The smallest absolute Gasteiger partial charge is 0.341 e. The third-order valence-corrected chi connectivity index (χ3v) is 6.58. The van der Waals surface area contributed by atoms with Crippen molar-refractivity contribution in [3.05, 3.63) is 63.6 Å². The maximum atomic E-state index is 12.7. The predicted molar refractivity (Wildman–Crippen MR) is 121 cm³/mol. The fourth-order valence-electron chi connectivity index (χ4n) is 5.08. The van der Waals surface area contributed by atoms with Crippen molar-refractivity contribution in [3.63, 3.8) is 0 Å². The number of pyridine rings is 1. The van der Waals surface area contributed by atoms with E-state index in [2.05, 4.69) is 34.6 Å². The predicted octanol–water partition coefficient (Wildman–Crippen LogP) is 5.33. The van der Waals surface area contributed by atoms with Gasteiger partial charge in [0.2, 0.25) is 0 Å². The summed E-state index contributed by atoms with van der Waals surface area (Å²) in [6, 6.07) is 7.23. The highest BCUT2D eigenvalue weighted by Crippen LogP contribution is 2.51. The summed E-state index contributed by atoms with van der Waals surface area (Å²) in [7, 11) is 0. The van der Waals surface area contributed by atoms with Crippen LogP contribution in [0.1, 0.15) is 62.1 Å². The molecule has 0 saturated carbocycles. The van der Waals surface area contributed by atoms with Crippen LogP contribution in [0.15, 0.2) is 45.9 Å². The Bertz CT molecular complexity index is 1310. The summed E-state index contributed by atoms with van der Waals surface area (Å²) in [6.45, 7) is 10.6. The summed E-state index contributed by atoms with van der Waals surface area (Å²) in [5, 5.41) is 9.56. The molecule has 6 nitrogen and oxygen atoms in total. The number of fused-ring (bicyclic) bond motifs is 5. The van der Waals surface area contributed by atoms with E-state index >= 15 is 0 Å². The van der Waals surface area contributed by atoms with Crippen molar-refractivity contribution < 1.29 is 19.1 Å². The summed E-state index contributed by atoms with van der Waals surface area (Å²) < 4.78 is 14.1. The molecule has 32 heavy (non-hydrogen) atoms. The molecule has 0 fully saturated rings. The second-order valence-corrected chi connectivity index (χ2v) is 10.5. The Morgan fingerprint density at radius 1 is 1.19 bits per heavy atom. The number of rotatable bonds is 2. The van der Waals surface area contributed by atoms with E-state index in [-0.39, 0.29) is 22.6 Å². The van der Waals surface area contributed by atoms with Crippen LogP contribution in [-0.2, 0) is 12.8 Å². The third-order valence-electron chi connectivity index (χ3n) is 6.58. The number of benzene rings is 1. The Kier molecular flexibility index (Phi) is 4.26. The molecule has 0 aliphatic carbocycles. The SMILES string of the molecule is CC1(C)Cc2c3c(cc(-c4ccco4)c2O1)-c1cc(=O)c(C(=O)O)cn1[C@H](C(C)(C)C)C3. The van der Waals surface area contributed by atoms with Crippen LogP contribution in [0.5, 0.6) is 5.75 Å². The lowest BCUT2D eigenvalue weighted by Crippen LogP contribution is -2.33. The van der Waals surface area contributed by atoms with Crippen molar-refractivity contribution in [3.8, 4) is 28.3 Å². The molecule has 0 radical (unpaired) electrons. The standard InChI is InChI=1S/C26H27NO5/c1-25(2,3)22-10-14-15(19-11-20(28)18(24(29)30)13-27(19)22)9-16(21-7-6-8-31-21)23-17(14)12-26(4,5)32-23/h6-9,11,13,22H,10,12H2,1-5H3,(H,29,30)/t22-/m0/s1. The largest absolute Gasteiger partial charge is 0.486 e. The van der Waals surface area contributed by atoms with Crippen molar-refractivity contribution in [1.29, 1.82) is 0 Å². The van der Waals surface area contributed by atoms with Crippen LogP contribution in [0.25, 0.3) is 22.6 Å². The van der Waals surface area contributed by atoms with Gasteiger partial charge in [0.25, 0.3) is 0 Å². The number of carboxylic acid groups (broad SMARTS) is 1. The molecular weight excluding hydrogens is 406 g/mol. The topological polar surface area (TPSA) is 81.7 Å². The number of furan rings is 1. The fourth-order valence-corrected chi connectivity index (χ4v) is 5.08. The van der Waals surface area contributed by atoms with Crippen LogP contribution in [0.3, 0.4) is 0 Å². The lowest BCUT2D eigenvalue weighted by Gasteiger charge is -2.39. The molecule has 0 spiro atoms. The Morgan fingerprint density at radius 3 is 2.56 bits per heavy atom. The highest BCUT2D eigenvalue weighted by molar-refractivity contribution is 5.88. The third kappa shape index (κ3) is 3.08. The van der Waals surface area contributed by atoms with E-state index in [1.165, 1.54) is 17.8 Å². The van der Waals surface area contributed by atoms with Gasteiger partial charge in [0, 0.05) is 35.9 Å². The molecule has 2 aliphatic rings. The first-order chi connectivity index (χ1) is 15.0. The van der Waals surface area contributed by atoms with Crippen LogP contribution in [0.4, 0.5) is 0 Å². The molecule has 1 N–H and O–H groups in total. The number of carboxylic acids is 1. The molecule has 6 heteroatoms. The minimum absolute atomic E-state index is 0.00836. The van der Waals surface area contributed by atoms with E-state index in [4.69, 9.17) is 9.15 Å². The molecule has 2 aromatic heterocycles. The second-order valence-electron chi connectivity index (χ2n) is 10.5. The van der Waals surface area contributed by atoms with E-state index in [1.54, 1.807) is 6.26 Å². The van der Waals surface area contributed by atoms with Crippen molar-refractivity contribution >= 4 is 5.97 Å². The molecule has 0 saturated heterocycles. The zero-order valence-electron chi connectivity index (χ0n) is 19.0. The quantitative estimate of drug-likeness (QED) is 0.591. The summed E-state index contributed by atoms with van der Waals surface area (Å²) in [6.07, 6.45) is 4.63. The van der Waals surface area contributed by atoms with Gasteiger partial charge in [0.05, 0.1) is 17.5 Å². The number of carbonyl (C=O) groups is 1. The van der Waals surface area contributed by atoms with Crippen molar-refractivity contribution in [1.82, 2.24) is 4.57 Å². The number of aromatic nitrogens is 1. The Labute approximate surface area is 186 Å². The normalized spacial score (nSPS) is 18.5. The molecule has 0 amide bonds. The lowest BCUT2D eigenvalue weighted by atomic mass is 9.76. The van der Waals surface area contributed by atoms with Crippen LogP contribution < -0.4 is 10.2 Å². The van der Waals surface area contributed by atoms with Gasteiger partial charge in [0.15, 0.2) is 5.43 Å². The van der Waals surface area contributed by atoms with Gasteiger partial charge in [0.1, 0.15) is 22.7 Å². The van der Waals surface area contributed by atoms with Crippen molar-refractivity contribution in [2.45, 2.75) is 59.1 Å². The average molecular weight is 434 g/mol. The van der Waals surface area contributed by atoms with Crippen LogP contribution in [0.2, 0.25) is 0 Å². The van der Waals surface area contributed by atoms with Crippen LogP contribution >= 0.6 is 0 Å². The van der Waals surface area contributed by atoms with Gasteiger partial charge >= 0.3 is 5.97 Å². The number of ether oxygens (including phenoxy) is 1. The molecule has 0 bridgehead atoms. The molecule has 1 aromatic carbocycles. The molecule has 0 unspecified atom stereocenters. The summed E-state index contributed by atoms with van der Waals surface area (Å²) >= 11 is 0. The Morgan fingerprint density at radius 2 is 1.94 bits per heavy atom. The molecule has 3 aromatic rings. The number of aromatic carboxylic acids is 1. The van der Waals surface area contributed by atoms with Crippen molar-refractivity contribution in [2.75, 3.05) is 0 Å². The average Bonchev–Trinajstić information content (AvgIpc) is 3.32. The zero-order valence-corrected chi connectivity index (χ0v) is 19.0. The minimum atomic E-state index is -1.20. The number of hydrogen-bond donors (Lipinski definition) is 1. The lowest BCUT2D eigenvalue weighted by molar-refractivity contribution is 0.0693. The van der Waals surface area contributed by atoms with Crippen molar-refractivity contribution in [2.24, 2.45) is 5.41 Å². The first kappa shape index (κ1) is 20.6. The van der Waals surface area contributed by atoms with E-state index in [0.29, 0.717) is 5.76 Å². The Hall–Kier alpha value is -3.28. The summed E-state index contributed by atoms with van der Waals surface area (Å²) in [5.41, 5.74) is 3.65. The van der Waals surface area contributed by atoms with Gasteiger partial charge in [-0.15, -0.1) is 0 Å². The van der Waals surface area contributed by atoms with Gasteiger partial charge in [-0.05, 0) is 49.4 Å². The molecule has 166 valence electrons. The van der Waals surface area contributed by atoms with E-state index in [9.17, 15) is 14.7 Å². The fraction of sp³-hybridized carbons (Fsp3) is 0.385.